The molecule has 1 aliphatic heterocycles. The smallest absolute Gasteiger partial charge is 0.277 e. The van der Waals surface area contributed by atoms with E-state index in [0.717, 1.165) is 24.9 Å². The quantitative estimate of drug-likeness (QED) is 0.807. The molecule has 1 amide bonds. The molecule has 6 nitrogen and oxygen atoms in total. The number of likely N-dealkylation sites (tertiary alicyclic amines) is 1. The third kappa shape index (κ3) is 3.47. The molecular weight excluding hydrogens is 300 g/mol. The normalized spacial score (nSPS) is 18.4. The highest BCUT2D eigenvalue weighted by molar-refractivity contribution is 7.99. The van der Waals surface area contributed by atoms with E-state index in [4.69, 9.17) is 4.42 Å². The summed E-state index contributed by atoms with van der Waals surface area (Å²) in [5.74, 6) is 0.923. The minimum atomic E-state index is 0.140. The van der Waals surface area contributed by atoms with Crippen molar-refractivity contribution in [1.29, 1.82) is 0 Å². The van der Waals surface area contributed by atoms with Crippen molar-refractivity contribution in [3.8, 4) is 11.5 Å². The van der Waals surface area contributed by atoms with E-state index in [1.54, 1.807) is 12.4 Å². The first-order chi connectivity index (χ1) is 10.7. The maximum Gasteiger partial charge on any atom is 0.277 e. The van der Waals surface area contributed by atoms with Crippen LogP contribution in [0.5, 0.6) is 0 Å². The highest BCUT2D eigenvalue weighted by atomic mass is 32.2. The summed E-state index contributed by atoms with van der Waals surface area (Å²) in [4.78, 5) is 18.2. The summed E-state index contributed by atoms with van der Waals surface area (Å²) in [6.07, 6.45) is 6.73. The zero-order chi connectivity index (χ0) is 15.4. The van der Waals surface area contributed by atoms with Crippen LogP contribution in [0.1, 0.15) is 26.2 Å². The summed E-state index contributed by atoms with van der Waals surface area (Å²) in [7, 11) is 0. The lowest BCUT2D eigenvalue weighted by Gasteiger charge is -2.33. The van der Waals surface area contributed by atoms with Gasteiger partial charge < -0.3 is 9.32 Å². The van der Waals surface area contributed by atoms with Crippen LogP contribution in [-0.4, -0.2) is 44.3 Å². The van der Waals surface area contributed by atoms with E-state index in [1.807, 2.05) is 17.0 Å². The van der Waals surface area contributed by atoms with Gasteiger partial charge in [0.25, 0.3) is 5.22 Å². The molecule has 0 spiro atoms. The molecule has 1 atom stereocenters. The molecule has 0 aromatic carbocycles. The molecule has 2 aromatic heterocycles. The van der Waals surface area contributed by atoms with Crippen molar-refractivity contribution in [2.24, 2.45) is 0 Å². The van der Waals surface area contributed by atoms with Crippen LogP contribution in [0, 0.1) is 0 Å². The summed E-state index contributed by atoms with van der Waals surface area (Å²) < 4.78 is 5.58. The highest BCUT2D eigenvalue weighted by Gasteiger charge is 2.23. The van der Waals surface area contributed by atoms with Gasteiger partial charge in [-0.15, -0.1) is 10.2 Å². The van der Waals surface area contributed by atoms with Gasteiger partial charge >= 0.3 is 0 Å². The summed E-state index contributed by atoms with van der Waals surface area (Å²) in [5, 5.41) is 8.41. The Morgan fingerprint density at radius 1 is 1.36 bits per heavy atom. The van der Waals surface area contributed by atoms with Crippen molar-refractivity contribution in [3.63, 3.8) is 0 Å². The van der Waals surface area contributed by atoms with Gasteiger partial charge in [-0.3, -0.25) is 9.78 Å². The second-order valence-corrected chi connectivity index (χ2v) is 6.26. The minimum absolute atomic E-state index is 0.140. The monoisotopic (exact) mass is 318 g/mol. The number of amides is 1. The van der Waals surface area contributed by atoms with Crippen molar-refractivity contribution >= 4 is 17.7 Å². The van der Waals surface area contributed by atoms with E-state index in [0.29, 0.717) is 22.9 Å². The van der Waals surface area contributed by atoms with Crippen LogP contribution >= 0.6 is 11.8 Å². The van der Waals surface area contributed by atoms with Gasteiger partial charge in [-0.1, -0.05) is 11.8 Å². The fraction of sp³-hybridized carbons (Fsp3) is 0.467. The fourth-order valence-corrected chi connectivity index (χ4v) is 3.20. The number of hydrogen-bond acceptors (Lipinski definition) is 6. The number of aromatic nitrogens is 3. The predicted octanol–water partition coefficient (Wildman–Crippen LogP) is 2.62. The van der Waals surface area contributed by atoms with Crippen molar-refractivity contribution in [2.45, 2.75) is 37.5 Å². The zero-order valence-electron chi connectivity index (χ0n) is 12.4. The maximum atomic E-state index is 12.3. The van der Waals surface area contributed by atoms with E-state index in [2.05, 4.69) is 22.1 Å². The van der Waals surface area contributed by atoms with Gasteiger partial charge in [-0.05, 0) is 38.3 Å². The molecule has 2 aromatic rings. The SMILES string of the molecule is CC1CCCCN1C(=O)CSc1nnc(-c2ccncc2)o1. The van der Waals surface area contributed by atoms with E-state index in [1.165, 1.54) is 18.2 Å². The Morgan fingerprint density at radius 2 is 2.18 bits per heavy atom. The van der Waals surface area contributed by atoms with Crippen LogP contribution in [0.2, 0.25) is 0 Å². The molecule has 1 aliphatic rings. The number of hydrogen-bond donors (Lipinski definition) is 0. The largest absolute Gasteiger partial charge is 0.411 e. The average Bonchev–Trinajstić information content (AvgIpc) is 3.03. The third-order valence-corrected chi connectivity index (χ3v) is 4.58. The van der Waals surface area contributed by atoms with E-state index >= 15 is 0 Å². The Balaban J connectivity index is 1.58. The molecule has 0 bridgehead atoms. The van der Waals surface area contributed by atoms with Crippen LogP contribution in [0.3, 0.4) is 0 Å². The molecule has 7 heteroatoms. The van der Waals surface area contributed by atoms with Gasteiger partial charge in [0, 0.05) is 30.5 Å². The molecule has 0 N–H and O–H groups in total. The van der Waals surface area contributed by atoms with Gasteiger partial charge in [0.2, 0.25) is 11.8 Å². The Hall–Kier alpha value is -1.89. The van der Waals surface area contributed by atoms with Gasteiger partial charge in [0.05, 0.1) is 5.75 Å². The lowest BCUT2D eigenvalue weighted by atomic mass is 10.0. The third-order valence-electron chi connectivity index (χ3n) is 3.78. The Morgan fingerprint density at radius 3 is 2.95 bits per heavy atom. The lowest BCUT2D eigenvalue weighted by molar-refractivity contribution is -0.131. The van der Waals surface area contributed by atoms with Crippen molar-refractivity contribution in [1.82, 2.24) is 20.1 Å². The first-order valence-electron chi connectivity index (χ1n) is 7.40. The molecule has 22 heavy (non-hydrogen) atoms. The molecule has 1 unspecified atom stereocenters. The topological polar surface area (TPSA) is 72.1 Å². The van der Waals surface area contributed by atoms with Gasteiger partial charge in [-0.2, -0.15) is 0 Å². The summed E-state index contributed by atoms with van der Waals surface area (Å²) in [5.41, 5.74) is 0.824. The summed E-state index contributed by atoms with van der Waals surface area (Å²) in [6, 6.07) is 3.95. The van der Waals surface area contributed by atoms with Crippen LogP contribution in [0.25, 0.3) is 11.5 Å². The number of carbonyl (C=O) groups excluding carboxylic acids is 1. The predicted molar refractivity (Wildman–Crippen MR) is 83.3 cm³/mol. The average molecular weight is 318 g/mol. The molecular formula is C15H18N4O2S. The van der Waals surface area contributed by atoms with Crippen LogP contribution in [0.15, 0.2) is 34.2 Å². The first kappa shape index (κ1) is 15.0. The summed E-state index contributed by atoms with van der Waals surface area (Å²) in [6.45, 7) is 2.96. The lowest BCUT2D eigenvalue weighted by Crippen LogP contribution is -2.42. The molecule has 0 radical (unpaired) electrons. The van der Waals surface area contributed by atoms with Crippen molar-refractivity contribution in [3.05, 3.63) is 24.5 Å². The zero-order valence-corrected chi connectivity index (χ0v) is 13.3. The number of thioether (sulfide) groups is 1. The van der Waals surface area contributed by atoms with Crippen LogP contribution in [0.4, 0.5) is 0 Å². The Kier molecular flexibility index (Phi) is 4.72. The first-order valence-corrected chi connectivity index (χ1v) is 8.39. The fourth-order valence-electron chi connectivity index (χ4n) is 2.55. The minimum Gasteiger partial charge on any atom is -0.411 e. The van der Waals surface area contributed by atoms with Crippen molar-refractivity contribution in [2.75, 3.05) is 12.3 Å². The Bertz CT molecular complexity index is 631. The molecule has 3 heterocycles. The second-order valence-electron chi connectivity index (χ2n) is 5.33. The number of carbonyl (C=O) groups is 1. The number of nitrogens with zero attached hydrogens (tertiary/aromatic N) is 4. The van der Waals surface area contributed by atoms with Gasteiger partial charge in [-0.25, -0.2) is 0 Å². The molecule has 1 saturated heterocycles. The standard InChI is InChI=1S/C15H18N4O2S/c1-11-4-2-3-9-19(11)13(20)10-22-15-18-17-14(21-15)12-5-7-16-8-6-12/h5-8,11H,2-4,9-10H2,1H3. The maximum absolute atomic E-state index is 12.3. The molecule has 116 valence electrons. The highest BCUT2D eigenvalue weighted by Crippen LogP contribution is 2.24. The van der Waals surface area contributed by atoms with Crippen LogP contribution in [-0.2, 0) is 4.79 Å². The van der Waals surface area contributed by atoms with E-state index in [9.17, 15) is 4.79 Å². The molecule has 3 rings (SSSR count). The van der Waals surface area contributed by atoms with Crippen molar-refractivity contribution < 1.29 is 9.21 Å². The number of rotatable bonds is 4. The van der Waals surface area contributed by atoms with Crippen LogP contribution < -0.4 is 0 Å². The van der Waals surface area contributed by atoms with E-state index < -0.39 is 0 Å². The number of piperidine rings is 1. The Labute approximate surface area is 133 Å². The number of pyridine rings is 1. The molecule has 0 saturated carbocycles. The molecule has 0 aliphatic carbocycles. The van der Waals surface area contributed by atoms with Gasteiger partial charge in [0.1, 0.15) is 0 Å². The van der Waals surface area contributed by atoms with Gasteiger partial charge in [0.15, 0.2) is 0 Å². The molecule has 1 fully saturated rings. The van der Waals surface area contributed by atoms with E-state index in [-0.39, 0.29) is 5.91 Å². The second kappa shape index (κ2) is 6.91. The summed E-state index contributed by atoms with van der Waals surface area (Å²) >= 11 is 1.29.